The number of ether oxygens (including phenoxy) is 1. The van der Waals surface area contributed by atoms with Crippen LogP contribution in [0.3, 0.4) is 0 Å². The zero-order chi connectivity index (χ0) is 18.7. The summed E-state index contributed by atoms with van der Waals surface area (Å²) in [6.45, 7) is 9.49. The fraction of sp³-hybridized carbons (Fsp3) is 0.783. The molecule has 26 heavy (non-hydrogen) atoms. The molecule has 0 aromatic carbocycles. The highest BCUT2D eigenvalue weighted by atomic mass is 16.5. The van der Waals surface area contributed by atoms with Crippen molar-refractivity contribution in [2.75, 3.05) is 13.2 Å². The van der Waals surface area contributed by atoms with Crippen molar-refractivity contribution in [1.82, 2.24) is 5.32 Å². The van der Waals surface area contributed by atoms with E-state index in [9.17, 15) is 4.79 Å². The maximum atomic E-state index is 12.2. The van der Waals surface area contributed by atoms with Gasteiger partial charge in [0.2, 0.25) is 5.91 Å². The molecule has 1 N–H and O–H groups in total. The number of hydrogen-bond donors (Lipinski definition) is 1. The van der Waals surface area contributed by atoms with E-state index in [2.05, 4.69) is 45.2 Å². The van der Waals surface area contributed by atoms with Gasteiger partial charge in [-0.2, -0.15) is 0 Å². The highest BCUT2D eigenvalue weighted by Crippen LogP contribution is 2.59. The fourth-order valence-electron chi connectivity index (χ4n) is 5.66. The van der Waals surface area contributed by atoms with Gasteiger partial charge < -0.3 is 10.1 Å². The van der Waals surface area contributed by atoms with E-state index < -0.39 is 0 Å². The van der Waals surface area contributed by atoms with Crippen LogP contribution in [0.1, 0.15) is 72.6 Å². The summed E-state index contributed by atoms with van der Waals surface area (Å²) >= 11 is 0. The zero-order valence-electron chi connectivity index (χ0n) is 17.1. The van der Waals surface area contributed by atoms with Crippen molar-refractivity contribution in [2.24, 2.45) is 23.7 Å². The standard InChI is InChI=1S/C23H37NO2/c1-16(2)6-5-7-17(3)8-9-24-22(25)15-26-23(4)20-11-18-10-19(13-20)14-21(23)12-18/h6,8,18-21H,5,7,9-15H2,1-4H3,(H,24,25). The molecule has 4 aliphatic carbocycles. The number of carbonyl (C=O) groups excluding carboxylic acids is 1. The van der Waals surface area contributed by atoms with E-state index in [1.165, 1.54) is 43.3 Å². The fourth-order valence-corrected chi connectivity index (χ4v) is 5.66. The van der Waals surface area contributed by atoms with E-state index in [0.29, 0.717) is 18.4 Å². The molecule has 0 unspecified atom stereocenters. The summed E-state index contributed by atoms with van der Waals surface area (Å²) in [4.78, 5) is 12.2. The Labute approximate surface area is 159 Å². The van der Waals surface area contributed by atoms with E-state index in [1.807, 2.05) is 0 Å². The van der Waals surface area contributed by atoms with Gasteiger partial charge in [0.25, 0.3) is 0 Å². The Morgan fingerprint density at radius 1 is 1.04 bits per heavy atom. The lowest BCUT2D eigenvalue weighted by Crippen LogP contribution is -2.58. The Morgan fingerprint density at radius 3 is 2.23 bits per heavy atom. The normalized spacial score (nSPS) is 35.5. The second-order valence-corrected chi connectivity index (χ2v) is 9.45. The summed E-state index contributed by atoms with van der Waals surface area (Å²) < 4.78 is 6.28. The van der Waals surface area contributed by atoms with Crippen LogP contribution in [0.25, 0.3) is 0 Å². The molecule has 146 valence electrons. The SMILES string of the molecule is CC(C)=CCCC(C)=CCNC(=O)COC1(C)C2CC3CC(C2)CC1C3. The Morgan fingerprint density at radius 2 is 1.65 bits per heavy atom. The molecule has 0 aromatic rings. The van der Waals surface area contributed by atoms with Crippen LogP contribution in [0.4, 0.5) is 0 Å². The van der Waals surface area contributed by atoms with Gasteiger partial charge in [0.05, 0.1) is 5.60 Å². The first-order valence-electron chi connectivity index (χ1n) is 10.6. The molecule has 4 rings (SSSR count). The Hall–Kier alpha value is -1.09. The summed E-state index contributed by atoms with van der Waals surface area (Å²) in [5.41, 5.74) is 2.62. The second kappa shape index (κ2) is 8.29. The quantitative estimate of drug-likeness (QED) is 0.618. The van der Waals surface area contributed by atoms with Crippen molar-refractivity contribution in [3.63, 3.8) is 0 Å². The minimum absolute atomic E-state index is 0.0216. The van der Waals surface area contributed by atoms with Crippen LogP contribution in [0.2, 0.25) is 0 Å². The van der Waals surface area contributed by atoms with Gasteiger partial charge in [-0.3, -0.25) is 4.79 Å². The lowest BCUT2D eigenvalue weighted by atomic mass is 9.50. The third-order valence-electron chi connectivity index (χ3n) is 7.11. The van der Waals surface area contributed by atoms with Crippen molar-refractivity contribution in [3.05, 3.63) is 23.3 Å². The van der Waals surface area contributed by atoms with Crippen LogP contribution in [0.15, 0.2) is 23.3 Å². The van der Waals surface area contributed by atoms with Crippen LogP contribution >= 0.6 is 0 Å². The lowest BCUT2D eigenvalue weighted by molar-refractivity contribution is -0.195. The molecule has 0 saturated heterocycles. The van der Waals surface area contributed by atoms with E-state index in [4.69, 9.17) is 4.74 Å². The summed E-state index contributed by atoms with van der Waals surface area (Å²) in [7, 11) is 0. The molecule has 4 saturated carbocycles. The highest BCUT2D eigenvalue weighted by molar-refractivity contribution is 5.77. The van der Waals surface area contributed by atoms with Gasteiger partial charge in [-0.25, -0.2) is 0 Å². The lowest BCUT2D eigenvalue weighted by Gasteiger charge is -2.59. The van der Waals surface area contributed by atoms with Crippen LogP contribution in [0.5, 0.6) is 0 Å². The zero-order valence-corrected chi connectivity index (χ0v) is 17.1. The van der Waals surface area contributed by atoms with Crippen molar-refractivity contribution < 1.29 is 9.53 Å². The number of hydrogen-bond acceptors (Lipinski definition) is 2. The van der Waals surface area contributed by atoms with Crippen LogP contribution < -0.4 is 5.32 Å². The van der Waals surface area contributed by atoms with E-state index in [0.717, 1.165) is 24.7 Å². The summed E-state index contributed by atoms with van der Waals surface area (Å²) in [5, 5.41) is 3.00. The first-order chi connectivity index (χ1) is 12.4. The van der Waals surface area contributed by atoms with E-state index in [-0.39, 0.29) is 18.1 Å². The average molecular weight is 360 g/mol. The Kier molecular flexibility index (Phi) is 6.27. The predicted molar refractivity (Wildman–Crippen MR) is 107 cm³/mol. The number of carbonyl (C=O) groups is 1. The number of amides is 1. The molecule has 4 bridgehead atoms. The van der Waals surface area contributed by atoms with Crippen molar-refractivity contribution in [1.29, 1.82) is 0 Å². The molecule has 3 nitrogen and oxygen atoms in total. The minimum Gasteiger partial charge on any atom is -0.365 e. The van der Waals surface area contributed by atoms with Crippen LogP contribution in [0, 0.1) is 23.7 Å². The monoisotopic (exact) mass is 359 g/mol. The molecule has 1 amide bonds. The topological polar surface area (TPSA) is 38.3 Å². The van der Waals surface area contributed by atoms with Gasteiger partial charge in [-0.15, -0.1) is 0 Å². The molecule has 4 aliphatic rings. The molecule has 0 aliphatic heterocycles. The minimum atomic E-state index is -0.0686. The Balaban J connectivity index is 1.40. The van der Waals surface area contributed by atoms with Crippen LogP contribution in [-0.2, 0) is 9.53 Å². The second-order valence-electron chi connectivity index (χ2n) is 9.45. The van der Waals surface area contributed by atoms with Crippen LogP contribution in [-0.4, -0.2) is 24.7 Å². The van der Waals surface area contributed by atoms with Gasteiger partial charge in [-0.05, 0) is 96.3 Å². The smallest absolute Gasteiger partial charge is 0.246 e. The highest BCUT2D eigenvalue weighted by Gasteiger charge is 2.55. The van der Waals surface area contributed by atoms with Gasteiger partial charge >= 0.3 is 0 Å². The largest absolute Gasteiger partial charge is 0.365 e. The molecule has 0 radical (unpaired) electrons. The number of nitrogens with one attached hydrogen (secondary N) is 1. The molecule has 4 fully saturated rings. The molecule has 0 aromatic heterocycles. The summed E-state index contributed by atoms with van der Waals surface area (Å²) in [5.74, 6) is 3.23. The molecular weight excluding hydrogens is 322 g/mol. The van der Waals surface area contributed by atoms with E-state index in [1.54, 1.807) is 0 Å². The Bertz CT molecular complexity index is 543. The summed E-state index contributed by atoms with van der Waals surface area (Å²) in [6, 6.07) is 0. The molecule has 3 heteroatoms. The summed E-state index contributed by atoms with van der Waals surface area (Å²) in [6.07, 6.45) is 13.2. The maximum absolute atomic E-state index is 12.2. The average Bonchev–Trinajstić information content (AvgIpc) is 2.57. The van der Waals surface area contributed by atoms with Gasteiger partial charge in [0.15, 0.2) is 0 Å². The molecule has 0 heterocycles. The first kappa shape index (κ1) is 19.7. The molecule has 0 atom stereocenters. The third kappa shape index (κ3) is 4.60. The maximum Gasteiger partial charge on any atom is 0.246 e. The molecular formula is C23H37NO2. The first-order valence-corrected chi connectivity index (χ1v) is 10.6. The van der Waals surface area contributed by atoms with E-state index >= 15 is 0 Å². The predicted octanol–water partition coefficient (Wildman–Crippen LogP) is 5.03. The van der Waals surface area contributed by atoms with Crippen molar-refractivity contribution >= 4 is 5.91 Å². The number of allylic oxidation sites excluding steroid dienone is 3. The molecule has 0 spiro atoms. The van der Waals surface area contributed by atoms with Gasteiger partial charge in [-0.1, -0.05) is 23.3 Å². The van der Waals surface area contributed by atoms with Crippen molar-refractivity contribution in [2.45, 2.75) is 78.2 Å². The van der Waals surface area contributed by atoms with Crippen molar-refractivity contribution in [3.8, 4) is 0 Å². The van der Waals surface area contributed by atoms with Gasteiger partial charge in [0, 0.05) is 6.54 Å². The van der Waals surface area contributed by atoms with Gasteiger partial charge in [0.1, 0.15) is 6.61 Å². The number of rotatable bonds is 8. The third-order valence-corrected chi connectivity index (χ3v) is 7.11.